The number of benzene rings is 3. The van der Waals surface area contributed by atoms with Gasteiger partial charge in [0.25, 0.3) is 0 Å². The minimum absolute atomic E-state index is 1.08. The first-order valence-electron chi connectivity index (χ1n) is 19.3. The molecule has 3 aromatic rings. The van der Waals surface area contributed by atoms with Gasteiger partial charge < -0.3 is 0 Å². The Morgan fingerprint density at radius 2 is 0.674 bits per heavy atom. The van der Waals surface area contributed by atoms with Crippen molar-refractivity contribution >= 4 is 11.1 Å². The molecule has 0 aromatic heterocycles. The number of hydrogen-bond acceptors (Lipinski definition) is 0. The number of hydrogen-bond donors (Lipinski definition) is 0. The number of rotatable bonds is 26. The monoisotopic (exact) mass is 619 g/mol. The average Bonchev–Trinajstić information content (AvgIpc) is 3.10. The molecule has 3 rings (SSSR count). The van der Waals surface area contributed by atoms with Crippen molar-refractivity contribution in [2.24, 2.45) is 0 Å². The predicted octanol–water partition coefficient (Wildman–Crippen LogP) is 14.7. The van der Waals surface area contributed by atoms with E-state index in [1.165, 1.54) is 175 Å². The van der Waals surface area contributed by atoms with Crippen LogP contribution in [0, 0.1) is 0 Å². The molecular formula is C46H66. The van der Waals surface area contributed by atoms with Gasteiger partial charge in [0.15, 0.2) is 0 Å². The lowest BCUT2D eigenvalue weighted by Gasteiger charge is -2.12. The van der Waals surface area contributed by atoms with E-state index < -0.39 is 0 Å². The van der Waals surface area contributed by atoms with E-state index in [1.807, 2.05) is 0 Å². The van der Waals surface area contributed by atoms with Crippen molar-refractivity contribution in [2.45, 2.75) is 155 Å². The van der Waals surface area contributed by atoms with Crippen LogP contribution in [0.4, 0.5) is 0 Å². The molecule has 0 heterocycles. The largest absolute Gasteiger partial charge is 0.0906 e. The Hall–Kier alpha value is -2.86. The summed E-state index contributed by atoms with van der Waals surface area (Å²) in [6.07, 6.45) is 30.1. The van der Waals surface area contributed by atoms with Crippen LogP contribution in [-0.4, -0.2) is 0 Å². The normalized spacial score (nSPS) is 11.2. The Bertz CT molecular complexity index is 1130. The van der Waals surface area contributed by atoms with E-state index in [9.17, 15) is 0 Å². The molecule has 0 spiro atoms. The van der Waals surface area contributed by atoms with Crippen molar-refractivity contribution in [1.82, 2.24) is 0 Å². The van der Waals surface area contributed by atoms with Gasteiger partial charge in [-0.2, -0.15) is 0 Å². The molecule has 0 unspecified atom stereocenters. The highest BCUT2D eigenvalue weighted by Gasteiger charge is 2.08. The van der Waals surface area contributed by atoms with Crippen molar-refractivity contribution in [2.75, 3.05) is 0 Å². The van der Waals surface area contributed by atoms with Crippen LogP contribution < -0.4 is 0 Å². The fourth-order valence-electron chi connectivity index (χ4n) is 6.61. The second-order valence-electron chi connectivity index (χ2n) is 13.8. The first-order valence-corrected chi connectivity index (χ1v) is 19.3. The fourth-order valence-corrected chi connectivity index (χ4v) is 6.61. The van der Waals surface area contributed by atoms with Crippen molar-refractivity contribution < 1.29 is 0 Å². The van der Waals surface area contributed by atoms with Gasteiger partial charge in [0.1, 0.15) is 0 Å². The Kier molecular flexibility index (Phi) is 19.2. The first-order chi connectivity index (χ1) is 22.6. The molecule has 250 valence electrons. The molecule has 0 radical (unpaired) electrons. The molecule has 0 fully saturated rings. The summed E-state index contributed by atoms with van der Waals surface area (Å²) in [5.74, 6) is 0. The Balaban J connectivity index is 1.38. The van der Waals surface area contributed by atoms with Gasteiger partial charge >= 0.3 is 0 Å². The van der Waals surface area contributed by atoms with Crippen molar-refractivity contribution in [3.8, 4) is 0 Å². The van der Waals surface area contributed by atoms with E-state index in [0.29, 0.717) is 0 Å². The van der Waals surface area contributed by atoms with E-state index >= 15 is 0 Å². The zero-order chi connectivity index (χ0) is 32.7. The van der Waals surface area contributed by atoms with Gasteiger partial charge in [0.2, 0.25) is 0 Å². The minimum Gasteiger partial charge on any atom is -0.0906 e. The summed E-state index contributed by atoms with van der Waals surface area (Å²) in [6.45, 7) is 13.5. The lowest BCUT2D eigenvalue weighted by molar-refractivity contribution is 0.556. The summed E-state index contributed by atoms with van der Waals surface area (Å²) >= 11 is 0. The van der Waals surface area contributed by atoms with Gasteiger partial charge in [-0.15, -0.1) is 0 Å². The van der Waals surface area contributed by atoms with Crippen molar-refractivity contribution in [1.29, 1.82) is 0 Å². The van der Waals surface area contributed by atoms with Crippen molar-refractivity contribution in [3.63, 3.8) is 0 Å². The summed E-state index contributed by atoms with van der Waals surface area (Å²) in [7, 11) is 0. The van der Waals surface area contributed by atoms with Gasteiger partial charge in [0.05, 0.1) is 0 Å². The first kappa shape index (κ1) is 37.6. The summed E-state index contributed by atoms with van der Waals surface area (Å²) < 4.78 is 0. The third kappa shape index (κ3) is 14.7. The molecule has 0 amide bonds. The second-order valence-corrected chi connectivity index (χ2v) is 13.8. The topological polar surface area (TPSA) is 0 Å². The Morgan fingerprint density at radius 3 is 1.00 bits per heavy atom. The second kappa shape index (κ2) is 23.5. The van der Waals surface area contributed by atoms with E-state index in [0.717, 1.165) is 11.1 Å². The van der Waals surface area contributed by atoms with Crippen LogP contribution in [-0.2, 0) is 12.8 Å². The smallest absolute Gasteiger partial charge is 0.0178 e. The summed E-state index contributed by atoms with van der Waals surface area (Å²) in [5, 5.41) is 0. The number of aryl methyl sites for hydroxylation is 2. The van der Waals surface area contributed by atoms with E-state index in [-0.39, 0.29) is 0 Å². The van der Waals surface area contributed by atoms with Crippen LogP contribution >= 0.6 is 0 Å². The highest BCUT2D eigenvalue weighted by atomic mass is 14.1. The van der Waals surface area contributed by atoms with E-state index in [2.05, 4.69) is 99.8 Å². The lowest BCUT2D eigenvalue weighted by Crippen LogP contribution is -1.93. The zero-order valence-electron chi connectivity index (χ0n) is 29.9. The molecule has 0 nitrogen and oxygen atoms in total. The Labute approximate surface area is 284 Å². The third-order valence-electron chi connectivity index (χ3n) is 9.80. The minimum atomic E-state index is 1.08. The number of unbranched alkanes of at least 4 members (excludes halogenated alkanes) is 18. The van der Waals surface area contributed by atoms with Gasteiger partial charge in [-0.05, 0) is 76.3 Å². The van der Waals surface area contributed by atoms with Gasteiger partial charge in [-0.1, -0.05) is 209 Å². The molecule has 0 aliphatic carbocycles. The van der Waals surface area contributed by atoms with Crippen LogP contribution in [0.3, 0.4) is 0 Å². The average molecular weight is 619 g/mol. The highest BCUT2D eigenvalue weighted by molar-refractivity contribution is 5.83. The van der Waals surface area contributed by atoms with Gasteiger partial charge in [-0.25, -0.2) is 0 Å². The molecule has 0 saturated heterocycles. The third-order valence-corrected chi connectivity index (χ3v) is 9.80. The van der Waals surface area contributed by atoms with Crippen molar-refractivity contribution in [3.05, 3.63) is 119 Å². The maximum absolute atomic E-state index is 4.47. The fraction of sp³-hybridized carbons (Fsp3) is 0.522. The molecule has 46 heavy (non-hydrogen) atoms. The molecule has 3 aromatic carbocycles. The van der Waals surface area contributed by atoms with E-state index in [4.69, 9.17) is 0 Å². The van der Waals surface area contributed by atoms with E-state index in [1.54, 1.807) is 0 Å². The SMILES string of the molecule is C=C(c1ccc(CCCCCCCCCCCC)cc1)c1cccc(C(=C)c2ccc(CCCCCCCCCCCC)cc2)c1. The quantitative estimate of drug-likeness (QED) is 0.0785. The molecule has 0 bridgehead atoms. The Morgan fingerprint density at radius 1 is 0.370 bits per heavy atom. The van der Waals surface area contributed by atoms with Crippen LogP contribution in [0.2, 0.25) is 0 Å². The zero-order valence-corrected chi connectivity index (χ0v) is 29.9. The van der Waals surface area contributed by atoms with Crippen LogP contribution in [0.1, 0.15) is 176 Å². The highest BCUT2D eigenvalue weighted by Crippen LogP contribution is 2.28. The van der Waals surface area contributed by atoms with Crippen LogP contribution in [0.5, 0.6) is 0 Å². The molecule has 0 N–H and O–H groups in total. The van der Waals surface area contributed by atoms with Crippen LogP contribution in [0.25, 0.3) is 11.1 Å². The molecule has 0 saturated carbocycles. The van der Waals surface area contributed by atoms with Crippen LogP contribution in [0.15, 0.2) is 86.0 Å². The molecule has 0 atom stereocenters. The standard InChI is InChI=1S/C46H66/c1-5-7-9-11-13-15-17-19-21-23-26-41-30-34-43(35-31-41)39(3)45-28-25-29-46(38-45)40(4)44-36-32-42(33-37-44)27-24-22-20-18-16-14-12-10-8-6-2/h25,28-38H,3-24,26-27H2,1-2H3. The maximum atomic E-state index is 4.47. The molecule has 0 aliphatic heterocycles. The summed E-state index contributed by atoms with van der Waals surface area (Å²) in [5.41, 5.74) is 9.76. The van der Waals surface area contributed by atoms with Gasteiger partial charge in [0, 0.05) is 0 Å². The predicted molar refractivity (Wildman–Crippen MR) is 207 cm³/mol. The summed E-state index contributed by atoms with van der Waals surface area (Å²) in [4.78, 5) is 0. The molecule has 0 heteroatoms. The van der Waals surface area contributed by atoms with Gasteiger partial charge in [-0.3, -0.25) is 0 Å². The lowest BCUT2D eigenvalue weighted by atomic mass is 9.92. The maximum Gasteiger partial charge on any atom is -0.0178 e. The molecular weight excluding hydrogens is 553 g/mol. The summed E-state index contributed by atoms with van der Waals surface area (Å²) in [6, 6.07) is 26.9. The molecule has 0 aliphatic rings.